The SMILES string of the molecule is OC(Cc1ccc(Br)cc1F)c1ccc(C(F)(F)F)cn1. The van der Waals surface area contributed by atoms with Crippen LogP contribution >= 0.6 is 15.9 Å². The van der Waals surface area contributed by atoms with Crippen LogP contribution in [0.4, 0.5) is 17.6 Å². The number of pyridine rings is 1. The number of hydrogen-bond acceptors (Lipinski definition) is 2. The normalized spacial score (nSPS) is 13.2. The van der Waals surface area contributed by atoms with Crippen molar-refractivity contribution in [3.05, 3.63) is 63.6 Å². The maximum Gasteiger partial charge on any atom is 0.417 e. The molecule has 0 aliphatic heterocycles. The molecule has 7 heteroatoms. The summed E-state index contributed by atoms with van der Waals surface area (Å²) in [5.74, 6) is -0.504. The molecule has 0 saturated carbocycles. The molecule has 1 aromatic heterocycles. The molecule has 0 bridgehead atoms. The van der Waals surface area contributed by atoms with Gasteiger partial charge in [-0.2, -0.15) is 13.2 Å². The molecule has 1 atom stereocenters. The molecule has 0 spiro atoms. The summed E-state index contributed by atoms with van der Waals surface area (Å²) in [6.07, 6.45) is -5.08. The number of benzene rings is 1. The van der Waals surface area contributed by atoms with Crippen molar-refractivity contribution in [1.29, 1.82) is 0 Å². The number of rotatable bonds is 3. The maximum absolute atomic E-state index is 13.6. The lowest BCUT2D eigenvalue weighted by atomic mass is 10.0. The van der Waals surface area contributed by atoms with Crippen LogP contribution in [0.25, 0.3) is 0 Å². The van der Waals surface area contributed by atoms with Gasteiger partial charge in [-0.3, -0.25) is 4.98 Å². The minimum Gasteiger partial charge on any atom is -0.386 e. The van der Waals surface area contributed by atoms with Gasteiger partial charge in [0.05, 0.1) is 11.3 Å². The molecule has 0 aliphatic carbocycles. The smallest absolute Gasteiger partial charge is 0.386 e. The zero-order chi connectivity index (χ0) is 15.6. The van der Waals surface area contributed by atoms with E-state index in [2.05, 4.69) is 20.9 Å². The van der Waals surface area contributed by atoms with Gasteiger partial charge in [0.25, 0.3) is 0 Å². The average molecular weight is 364 g/mol. The Balaban J connectivity index is 2.15. The maximum atomic E-state index is 13.6. The van der Waals surface area contributed by atoms with Gasteiger partial charge in [-0.25, -0.2) is 4.39 Å². The van der Waals surface area contributed by atoms with Crippen molar-refractivity contribution in [3.8, 4) is 0 Å². The Morgan fingerprint density at radius 1 is 1.19 bits per heavy atom. The van der Waals surface area contributed by atoms with Gasteiger partial charge in [-0.15, -0.1) is 0 Å². The molecule has 1 aromatic carbocycles. The molecule has 0 fully saturated rings. The van der Waals surface area contributed by atoms with E-state index in [0.717, 1.165) is 12.1 Å². The lowest BCUT2D eigenvalue weighted by molar-refractivity contribution is -0.137. The fourth-order valence-corrected chi connectivity index (χ4v) is 2.10. The third kappa shape index (κ3) is 4.01. The average Bonchev–Trinajstić information content (AvgIpc) is 2.41. The second-order valence-corrected chi connectivity index (χ2v) is 5.34. The Bertz CT molecular complexity index is 628. The molecule has 2 aromatic rings. The zero-order valence-corrected chi connectivity index (χ0v) is 12.1. The highest BCUT2D eigenvalue weighted by Gasteiger charge is 2.30. The van der Waals surface area contributed by atoms with Gasteiger partial charge in [0, 0.05) is 17.1 Å². The highest BCUT2D eigenvalue weighted by Crippen LogP contribution is 2.29. The number of aliphatic hydroxyl groups is 1. The first kappa shape index (κ1) is 15.9. The number of halogens is 5. The van der Waals surface area contributed by atoms with Crippen LogP contribution in [0.1, 0.15) is 22.9 Å². The van der Waals surface area contributed by atoms with Crippen LogP contribution in [0.2, 0.25) is 0 Å². The number of aliphatic hydroxyl groups excluding tert-OH is 1. The molecule has 0 amide bonds. The molecule has 1 heterocycles. The van der Waals surface area contributed by atoms with Gasteiger partial charge in [0.2, 0.25) is 0 Å². The molecular formula is C14H10BrF4NO. The minimum absolute atomic E-state index is 0.0605. The second-order valence-electron chi connectivity index (χ2n) is 4.43. The first-order chi connectivity index (χ1) is 9.77. The van der Waals surface area contributed by atoms with E-state index in [0.29, 0.717) is 10.7 Å². The molecule has 0 aliphatic rings. The standard InChI is InChI=1S/C14H10BrF4NO/c15-10-3-1-8(11(16)6-10)5-13(21)12-4-2-9(7-20-12)14(17,18)19/h1-4,6-7,13,21H,5H2. The van der Waals surface area contributed by atoms with Crippen molar-refractivity contribution in [2.24, 2.45) is 0 Å². The van der Waals surface area contributed by atoms with Gasteiger partial charge in [-0.1, -0.05) is 22.0 Å². The summed E-state index contributed by atoms with van der Waals surface area (Å²) in [4.78, 5) is 3.59. The molecule has 112 valence electrons. The van der Waals surface area contributed by atoms with Crippen LogP contribution < -0.4 is 0 Å². The highest BCUT2D eigenvalue weighted by atomic mass is 79.9. The van der Waals surface area contributed by atoms with Crippen molar-refractivity contribution in [2.75, 3.05) is 0 Å². The van der Waals surface area contributed by atoms with E-state index in [1.54, 1.807) is 6.07 Å². The topological polar surface area (TPSA) is 33.1 Å². The van der Waals surface area contributed by atoms with Crippen molar-refractivity contribution in [2.45, 2.75) is 18.7 Å². The van der Waals surface area contributed by atoms with Crippen LogP contribution in [0.3, 0.4) is 0 Å². The molecule has 1 N–H and O–H groups in total. The van der Waals surface area contributed by atoms with Crippen LogP contribution in [0.15, 0.2) is 41.0 Å². The summed E-state index contributed by atoms with van der Waals surface area (Å²) in [7, 11) is 0. The highest BCUT2D eigenvalue weighted by molar-refractivity contribution is 9.10. The summed E-state index contributed by atoms with van der Waals surface area (Å²) in [6, 6.07) is 6.29. The Morgan fingerprint density at radius 2 is 1.90 bits per heavy atom. The van der Waals surface area contributed by atoms with E-state index in [9.17, 15) is 22.7 Å². The van der Waals surface area contributed by atoms with Crippen molar-refractivity contribution in [1.82, 2.24) is 4.98 Å². The first-order valence-electron chi connectivity index (χ1n) is 5.92. The minimum atomic E-state index is -4.48. The Labute approximate surface area is 126 Å². The second kappa shape index (κ2) is 6.11. The molecule has 0 saturated heterocycles. The van der Waals surface area contributed by atoms with E-state index in [4.69, 9.17) is 0 Å². The molecule has 1 unspecified atom stereocenters. The van der Waals surface area contributed by atoms with Crippen molar-refractivity contribution < 1.29 is 22.7 Å². The third-order valence-electron chi connectivity index (χ3n) is 2.88. The van der Waals surface area contributed by atoms with Crippen molar-refractivity contribution >= 4 is 15.9 Å². The first-order valence-corrected chi connectivity index (χ1v) is 6.72. The molecule has 21 heavy (non-hydrogen) atoms. The summed E-state index contributed by atoms with van der Waals surface area (Å²) in [5.41, 5.74) is -0.578. The monoisotopic (exact) mass is 363 g/mol. The quantitative estimate of drug-likeness (QED) is 0.825. The number of alkyl halides is 3. The van der Waals surface area contributed by atoms with E-state index >= 15 is 0 Å². The number of hydrogen-bond donors (Lipinski definition) is 1. The summed E-state index contributed by atoms with van der Waals surface area (Å²) < 4.78 is 51.4. The van der Waals surface area contributed by atoms with Gasteiger partial charge < -0.3 is 5.11 Å². The van der Waals surface area contributed by atoms with Crippen LogP contribution in [-0.4, -0.2) is 10.1 Å². The van der Waals surface area contributed by atoms with E-state index in [-0.39, 0.29) is 17.7 Å². The zero-order valence-electron chi connectivity index (χ0n) is 10.5. The predicted octanol–water partition coefficient (Wildman–Crippen LogP) is 4.28. The number of nitrogens with zero attached hydrogens (tertiary/aromatic N) is 1. The van der Waals surface area contributed by atoms with Gasteiger partial charge >= 0.3 is 6.18 Å². The van der Waals surface area contributed by atoms with Gasteiger partial charge in [0.15, 0.2) is 0 Å². The molecular weight excluding hydrogens is 354 g/mol. The largest absolute Gasteiger partial charge is 0.417 e. The Hall–Kier alpha value is -1.47. The Kier molecular flexibility index (Phi) is 4.63. The van der Waals surface area contributed by atoms with Crippen LogP contribution in [0, 0.1) is 5.82 Å². The van der Waals surface area contributed by atoms with Gasteiger partial charge in [0.1, 0.15) is 11.9 Å². The predicted molar refractivity (Wildman–Crippen MR) is 72.0 cm³/mol. The van der Waals surface area contributed by atoms with E-state index in [1.807, 2.05) is 0 Å². The molecule has 2 rings (SSSR count). The Morgan fingerprint density at radius 3 is 2.43 bits per heavy atom. The lowest BCUT2D eigenvalue weighted by Gasteiger charge is -2.12. The van der Waals surface area contributed by atoms with Crippen LogP contribution in [-0.2, 0) is 12.6 Å². The third-order valence-corrected chi connectivity index (χ3v) is 3.38. The fraction of sp³-hybridized carbons (Fsp3) is 0.214. The fourth-order valence-electron chi connectivity index (χ4n) is 1.77. The summed E-state index contributed by atoms with van der Waals surface area (Å²) >= 11 is 3.11. The van der Waals surface area contributed by atoms with E-state index < -0.39 is 23.7 Å². The lowest BCUT2D eigenvalue weighted by Crippen LogP contribution is -2.09. The summed E-state index contributed by atoms with van der Waals surface area (Å²) in [5, 5.41) is 9.94. The molecule has 0 radical (unpaired) electrons. The van der Waals surface area contributed by atoms with Crippen molar-refractivity contribution in [3.63, 3.8) is 0 Å². The van der Waals surface area contributed by atoms with Crippen LogP contribution in [0.5, 0.6) is 0 Å². The van der Waals surface area contributed by atoms with E-state index in [1.165, 1.54) is 12.1 Å². The van der Waals surface area contributed by atoms with Gasteiger partial charge in [-0.05, 0) is 29.8 Å². The molecule has 2 nitrogen and oxygen atoms in total. The summed E-state index contributed by atoms with van der Waals surface area (Å²) in [6.45, 7) is 0. The number of aromatic nitrogens is 1.